The fraction of sp³-hybridized carbons (Fsp3) is 0.556. The number of hydrogen-bond acceptors (Lipinski definition) is 5. The number of anilines is 1. The van der Waals surface area contributed by atoms with Crippen LogP contribution < -0.4 is 10.6 Å². The van der Waals surface area contributed by atoms with Crippen LogP contribution in [0.1, 0.15) is 15.5 Å². The van der Waals surface area contributed by atoms with E-state index in [4.69, 9.17) is 10.5 Å². The highest BCUT2D eigenvalue weighted by Gasteiger charge is 2.18. The van der Waals surface area contributed by atoms with Crippen molar-refractivity contribution >= 4 is 22.2 Å². The molecule has 1 aromatic rings. The molecule has 82 valence electrons. The van der Waals surface area contributed by atoms with Crippen molar-refractivity contribution in [3.05, 3.63) is 10.7 Å². The van der Waals surface area contributed by atoms with E-state index in [1.165, 1.54) is 11.3 Å². The van der Waals surface area contributed by atoms with Crippen LogP contribution in [0.25, 0.3) is 0 Å². The number of hydrogen-bond donors (Lipinski definition) is 1. The van der Waals surface area contributed by atoms with Gasteiger partial charge in [0, 0.05) is 13.1 Å². The molecule has 1 fully saturated rings. The van der Waals surface area contributed by atoms with Gasteiger partial charge in [0.15, 0.2) is 5.01 Å². The maximum absolute atomic E-state index is 11.0. The smallest absolute Gasteiger partial charge is 0.277 e. The minimum atomic E-state index is -0.456. The highest BCUT2D eigenvalue weighted by Crippen LogP contribution is 2.28. The van der Waals surface area contributed by atoms with Crippen LogP contribution in [0.5, 0.6) is 0 Å². The van der Waals surface area contributed by atoms with E-state index >= 15 is 0 Å². The lowest BCUT2D eigenvalue weighted by Gasteiger charge is -2.27. The number of amides is 1. The lowest BCUT2D eigenvalue weighted by atomic mass is 10.4. The van der Waals surface area contributed by atoms with E-state index in [0.29, 0.717) is 5.01 Å². The Labute approximate surface area is 91.9 Å². The Bertz CT molecular complexity index is 371. The van der Waals surface area contributed by atoms with E-state index in [9.17, 15) is 4.79 Å². The van der Waals surface area contributed by atoms with Crippen LogP contribution in [-0.2, 0) is 4.74 Å². The van der Waals surface area contributed by atoms with E-state index < -0.39 is 5.91 Å². The zero-order valence-electron chi connectivity index (χ0n) is 8.52. The normalized spacial score (nSPS) is 16.7. The van der Waals surface area contributed by atoms with Crippen LogP contribution in [0.15, 0.2) is 0 Å². The minimum Gasteiger partial charge on any atom is -0.378 e. The molecule has 0 atom stereocenters. The second-order valence-electron chi connectivity index (χ2n) is 3.37. The molecule has 2 N–H and O–H groups in total. The van der Waals surface area contributed by atoms with Gasteiger partial charge in [-0.1, -0.05) is 11.3 Å². The van der Waals surface area contributed by atoms with E-state index in [2.05, 4.69) is 9.88 Å². The summed E-state index contributed by atoms with van der Waals surface area (Å²) in [6, 6.07) is 0. The van der Waals surface area contributed by atoms with Crippen molar-refractivity contribution in [3.8, 4) is 0 Å². The Kier molecular flexibility index (Phi) is 2.88. The third kappa shape index (κ3) is 2.10. The molecule has 0 aromatic carbocycles. The van der Waals surface area contributed by atoms with Gasteiger partial charge in [-0.05, 0) is 6.92 Å². The molecule has 1 aromatic heterocycles. The van der Waals surface area contributed by atoms with Crippen LogP contribution in [0, 0.1) is 6.92 Å². The summed E-state index contributed by atoms with van der Waals surface area (Å²) in [7, 11) is 0. The van der Waals surface area contributed by atoms with Crippen molar-refractivity contribution in [2.45, 2.75) is 6.92 Å². The lowest BCUT2D eigenvalue weighted by molar-refractivity contribution is 0.1000. The Morgan fingerprint density at radius 2 is 2.20 bits per heavy atom. The third-order valence-electron chi connectivity index (χ3n) is 2.28. The maximum Gasteiger partial charge on any atom is 0.277 e. The molecule has 5 nitrogen and oxygen atoms in total. The average molecular weight is 227 g/mol. The average Bonchev–Trinajstić information content (AvgIpc) is 2.62. The van der Waals surface area contributed by atoms with Gasteiger partial charge in [0.2, 0.25) is 0 Å². The molecule has 1 saturated heterocycles. The number of aromatic nitrogens is 1. The predicted molar refractivity (Wildman–Crippen MR) is 58.4 cm³/mol. The van der Waals surface area contributed by atoms with Gasteiger partial charge in [0.05, 0.1) is 18.9 Å². The Hall–Kier alpha value is -1.14. The SMILES string of the molecule is Cc1nc(C(N)=O)sc1N1CCOCC1. The molecule has 6 heteroatoms. The van der Waals surface area contributed by atoms with Crippen LogP contribution in [0.2, 0.25) is 0 Å². The molecule has 1 aliphatic heterocycles. The summed E-state index contributed by atoms with van der Waals surface area (Å²) in [5.41, 5.74) is 6.06. The van der Waals surface area contributed by atoms with Crippen LogP contribution >= 0.6 is 11.3 Å². The van der Waals surface area contributed by atoms with E-state index in [-0.39, 0.29) is 0 Å². The first-order valence-corrected chi connectivity index (χ1v) is 5.60. The number of rotatable bonds is 2. The monoisotopic (exact) mass is 227 g/mol. The van der Waals surface area contributed by atoms with Crippen molar-refractivity contribution in [2.75, 3.05) is 31.2 Å². The predicted octanol–water partition coefficient (Wildman–Crippen LogP) is 0.387. The molecular weight excluding hydrogens is 214 g/mol. The van der Waals surface area contributed by atoms with Crippen molar-refractivity contribution in [2.24, 2.45) is 5.73 Å². The molecule has 15 heavy (non-hydrogen) atoms. The topological polar surface area (TPSA) is 68.5 Å². The Morgan fingerprint density at radius 1 is 1.53 bits per heavy atom. The highest BCUT2D eigenvalue weighted by atomic mass is 32.1. The van der Waals surface area contributed by atoms with E-state index in [0.717, 1.165) is 37.0 Å². The molecule has 0 saturated carbocycles. The quantitative estimate of drug-likeness (QED) is 0.793. The van der Waals surface area contributed by atoms with E-state index in [1.807, 2.05) is 6.92 Å². The summed E-state index contributed by atoms with van der Waals surface area (Å²) in [5, 5.41) is 1.42. The Balaban J connectivity index is 2.22. The minimum absolute atomic E-state index is 0.383. The number of nitrogens with zero attached hydrogens (tertiary/aromatic N) is 2. The zero-order valence-corrected chi connectivity index (χ0v) is 9.34. The van der Waals surface area contributed by atoms with Gasteiger partial charge >= 0.3 is 0 Å². The molecule has 0 spiro atoms. The molecule has 0 aliphatic carbocycles. The number of ether oxygens (including phenoxy) is 1. The first-order valence-electron chi connectivity index (χ1n) is 4.78. The maximum atomic E-state index is 11.0. The van der Waals surface area contributed by atoms with Crippen LogP contribution in [-0.4, -0.2) is 37.2 Å². The van der Waals surface area contributed by atoms with Gasteiger partial charge in [0.25, 0.3) is 5.91 Å². The Morgan fingerprint density at radius 3 is 2.73 bits per heavy atom. The van der Waals surface area contributed by atoms with Gasteiger partial charge in [-0.25, -0.2) is 4.98 Å². The number of thiazole rings is 1. The molecular formula is C9H13N3O2S. The van der Waals surface area contributed by atoms with Crippen LogP contribution in [0.3, 0.4) is 0 Å². The number of morpholine rings is 1. The van der Waals surface area contributed by atoms with Gasteiger partial charge in [-0.2, -0.15) is 0 Å². The molecule has 2 heterocycles. The fourth-order valence-electron chi connectivity index (χ4n) is 1.55. The largest absolute Gasteiger partial charge is 0.378 e. The summed E-state index contributed by atoms with van der Waals surface area (Å²) >= 11 is 1.36. The number of carbonyl (C=O) groups excluding carboxylic acids is 1. The second kappa shape index (κ2) is 4.16. The summed E-state index contributed by atoms with van der Waals surface area (Å²) < 4.78 is 5.27. The number of nitrogens with two attached hydrogens (primary N) is 1. The van der Waals surface area contributed by atoms with Gasteiger partial charge in [0.1, 0.15) is 5.00 Å². The summed E-state index contributed by atoms with van der Waals surface area (Å²) in [4.78, 5) is 17.3. The molecule has 0 radical (unpaired) electrons. The van der Waals surface area contributed by atoms with Gasteiger partial charge in [-0.15, -0.1) is 0 Å². The summed E-state index contributed by atoms with van der Waals surface area (Å²) in [6.07, 6.45) is 0. The van der Waals surface area contributed by atoms with E-state index in [1.54, 1.807) is 0 Å². The van der Waals surface area contributed by atoms with Crippen molar-refractivity contribution in [3.63, 3.8) is 0 Å². The zero-order chi connectivity index (χ0) is 10.8. The number of aryl methyl sites for hydroxylation is 1. The highest BCUT2D eigenvalue weighted by molar-refractivity contribution is 7.17. The lowest BCUT2D eigenvalue weighted by Crippen LogP contribution is -2.36. The number of carbonyl (C=O) groups is 1. The molecule has 1 aliphatic rings. The second-order valence-corrected chi connectivity index (χ2v) is 4.35. The molecule has 0 unspecified atom stereocenters. The summed E-state index contributed by atoms with van der Waals surface area (Å²) in [6.45, 7) is 5.04. The first-order chi connectivity index (χ1) is 7.18. The van der Waals surface area contributed by atoms with Crippen molar-refractivity contribution < 1.29 is 9.53 Å². The summed E-state index contributed by atoms with van der Waals surface area (Å²) in [5.74, 6) is -0.456. The van der Waals surface area contributed by atoms with Crippen molar-refractivity contribution in [1.29, 1.82) is 0 Å². The molecule has 1 amide bonds. The fourth-order valence-corrected chi connectivity index (χ4v) is 2.52. The third-order valence-corrected chi connectivity index (χ3v) is 3.51. The van der Waals surface area contributed by atoms with Crippen molar-refractivity contribution in [1.82, 2.24) is 4.98 Å². The van der Waals surface area contributed by atoms with Gasteiger partial charge in [-0.3, -0.25) is 4.79 Å². The standard InChI is InChI=1S/C9H13N3O2S/c1-6-9(12-2-4-14-5-3-12)15-8(11-6)7(10)13/h2-5H2,1H3,(H2,10,13). The number of primary amides is 1. The van der Waals surface area contributed by atoms with Crippen LogP contribution in [0.4, 0.5) is 5.00 Å². The first kappa shape index (κ1) is 10.4. The molecule has 2 rings (SSSR count). The van der Waals surface area contributed by atoms with Gasteiger partial charge < -0.3 is 15.4 Å². The molecule has 0 bridgehead atoms.